The summed E-state index contributed by atoms with van der Waals surface area (Å²) in [5.41, 5.74) is 0.368. The molecule has 3 heteroatoms. The van der Waals surface area contributed by atoms with E-state index in [1.807, 2.05) is 27.7 Å². The average Bonchev–Trinajstić information content (AvgIpc) is 2.26. The number of morpholine rings is 1. The fourth-order valence-corrected chi connectivity index (χ4v) is 2.10. The second-order valence-electron chi connectivity index (χ2n) is 3.87. The summed E-state index contributed by atoms with van der Waals surface area (Å²) in [6.07, 6.45) is 0. The third kappa shape index (κ3) is 3.44. The van der Waals surface area contributed by atoms with Gasteiger partial charge in [0, 0.05) is 19.6 Å². The fraction of sp³-hybridized carbons (Fsp3) is 1.00. The smallest absolute Gasteiger partial charge is 0.0697 e. The van der Waals surface area contributed by atoms with Crippen molar-refractivity contribution in [3.8, 4) is 0 Å². The van der Waals surface area contributed by atoms with Gasteiger partial charge in [0.15, 0.2) is 0 Å². The van der Waals surface area contributed by atoms with E-state index in [1.54, 1.807) is 0 Å². The summed E-state index contributed by atoms with van der Waals surface area (Å²) < 4.78 is 5.48. The van der Waals surface area contributed by atoms with Gasteiger partial charge >= 0.3 is 0 Å². The third-order valence-electron chi connectivity index (χ3n) is 2.88. The van der Waals surface area contributed by atoms with Crippen LogP contribution < -0.4 is 0 Å². The first-order chi connectivity index (χ1) is 7.23. The van der Waals surface area contributed by atoms with Gasteiger partial charge in [-0.25, -0.2) is 0 Å². The van der Waals surface area contributed by atoms with Crippen molar-refractivity contribution in [2.24, 2.45) is 0 Å². The third-order valence-corrected chi connectivity index (χ3v) is 2.88. The summed E-state index contributed by atoms with van der Waals surface area (Å²) in [7, 11) is 4.36. The second kappa shape index (κ2) is 7.20. The molecule has 2 rings (SSSR count). The van der Waals surface area contributed by atoms with Crippen molar-refractivity contribution in [1.29, 1.82) is 0 Å². The first-order valence-electron chi connectivity index (χ1n) is 6.20. The van der Waals surface area contributed by atoms with Crippen molar-refractivity contribution in [3.05, 3.63) is 0 Å². The van der Waals surface area contributed by atoms with Crippen LogP contribution in [-0.2, 0) is 4.74 Å². The van der Waals surface area contributed by atoms with E-state index < -0.39 is 0 Å². The summed E-state index contributed by atoms with van der Waals surface area (Å²) in [5, 5.41) is 0. The average molecular weight is 216 g/mol. The Morgan fingerprint density at radius 3 is 1.93 bits per heavy atom. The lowest BCUT2D eigenvalue weighted by Crippen LogP contribution is -2.72. The molecule has 2 aliphatic rings. The molecule has 0 radical (unpaired) electrons. The van der Waals surface area contributed by atoms with E-state index >= 15 is 0 Å². The minimum atomic E-state index is 0.368. The van der Waals surface area contributed by atoms with Crippen LogP contribution in [0, 0.1) is 0 Å². The lowest BCUT2D eigenvalue weighted by Gasteiger charge is -2.55. The van der Waals surface area contributed by atoms with Gasteiger partial charge in [0.1, 0.15) is 0 Å². The highest BCUT2D eigenvalue weighted by atomic mass is 16.5. The molecule has 0 atom stereocenters. The van der Waals surface area contributed by atoms with Crippen LogP contribution in [-0.4, -0.2) is 62.3 Å². The number of nitrogens with zero attached hydrogens (tertiary/aromatic N) is 2. The predicted octanol–water partition coefficient (Wildman–Crippen LogP) is 1.69. The predicted molar refractivity (Wildman–Crippen MR) is 66.4 cm³/mol. The van der Waals surface area contributed by atoms with E-state index in [0.29, 0.717) is 5.54 Å². The Balaban J connectivity index is 0.000000442. The highest BCUT2D eigenvalue weighted by Crippen LogP contribution is 2.27. The Morgan fingerprint density at radius 1 is 1.00 bits per heavy atom. The van der Waals surface area contributed by atoms with Crippen LogP contribution >= 0.6 is 0 Å². The topological polar surface area (TPSA) is 15.7 Å². The molecule has 0 aromatic rings. The lowest BCUT2D eigenvalue weighted by molar-refractivity contribution is -0.123. The lowest BCUT2D eigenvalue weighted by atomic mass is 9.89. The zero-order valence-corrected chi connectivity index (χ0v) is 11.3. The Labute approximate surface area is 95.4 Å². The van der Waals surface area contributed by atoms with Crippen LogP contribution in [0.25, 0.3) is 0 Å². The minimum absolute atomic E-state index is 0.368. The fourth-order valence-electron chi connectivity index (χ4n) is 2.10. The molecule has 3 nitrogen and oxygen atoms in total. The summed E-state index contributed by atoms with van der Waals surface area (Å²) in [6.45, 7) is 13.3. The van der Waals surface area contributed by atoms with E-state index in [2.05, 4.69) is 23.9 Å². The maximum atomic E-state index is 5.48. The SMILES string of the molecule is CC.CC.CN1CC2(COCCN2C)C1. The molecule has 2 fully saturated rings. The number of likely N-dealkylation sites (N-methyl/N-ethyl adjacent to an activating group) is 2. The Hall–Kier alpha value is -0.120. The molecule has 2 saturated heterocycles. The molecule has 0 aliphatic carbocycles. The largest absolute Gasteiger partial charge is 0.378 e. The number of likely N-dealkylation sites (tertiary alicyclic amines) is 1. The highest BCUT2D eigenvalue weighted by Gasteiger charge is 2.46. The van der Waals surface area contributed by atoms with Crippen molar-refractivity contribution >= 4 is 0 Å². The van der Waals surface area contributed by atoms with E-state index in [9.17, 15) is 0 Å². The van der Waals surface area contributed by atoms with Crippen LogP contribution in [0.2, 0.25) is 0 Å². The second-order valence-corrected chi connectivity index (χ2v) is 3.87. The number of ether oxygens (including phenoxy) is 1. The van der Waals surface area contributed by atoms with Crippen LogP contribution in [0.3, 0.4) is 0 Å². The van der Waals surface area contributed by atoms with Crippen molar-refractivity contribution in [2.45, 2.75) is 33.2 Å². The standard InChI is InChI=1S/C8H16N2O.2C2H6/c1-9-5-8(6-9)7-11-4-3-10(8)2;2*1-2/h3-7H2,1-2H3;2*1-2H3. The van der Waals surface area contributed by atoms with E-state index in [0.717, 1.165) is 19.8 Å². The summed E-state index contributed by atoms with van der Waals surface area (Å²) in [6, 6.07) is 0. The quantitative estimate of drug-likeness (QED) is 0.613. The van der Waals surface area contributed by atoms with Crippen molar-refractivity contribution < 1.29 is 4.74 Å². The van der Waals surface area contributed by atoms with Crippen molar-refractivity contribution in [1.82, 2.24) is 9.80 Å². The zero-order chi connectivity index (χ0) is 11.9. The van der Waals surface area contributed by atoms with Gasteiger partial charge in [0.2, 0.25) is 0 Å². The van der Waals surface area contributed by atoms with Crippen molar-refractivity contribution in [3.63, 3.8) is 0 Å². The van der Waals surface area contributed by atoms with Gasteiger partial charge in [-0.15, -0.1) is 0 Å². The molecule has 15 heavy (non-hydrogen) atoms. The van der Waals surface area contributed by atoms with Gasteiger partial charge in [0.25, 0.3) is 0 Å². The van der Waals surface area contributed by atoms with Crippen LogP contribution in [0.4, 0.5) is 0 Å². The molecule has 2 heterocycles. The first kappa shape index (κ1) is 14.9. The Bertz CT molecular complexity index is 150. The van der Waals surface area contributed by atoms with Crippen LogP contribution in [0.5, 0.6) is 0 Å². The molecule has 92 valence electrons. The molecule has 0 N–H and O–H groups in total. The number of hydrogen-bond acceptors (Lipinski definition) is 3. The van der Waals surface area contributed by atoms with E-state index in [4.69, 9.17) is 4.74 Å². The number of hydrogen-bond donors (Lipinski definition) is 0. The Kier molecular flexibility index (Phi) is 7.14. The normalized spacial score (nSPS) is 24.4. The molecule has 1 spiro atoms. The van der Waals surface area contributed by atoms with E-state index in [1.165, 1.54) is 13.1 Å². The molecule has 0 unspecified atom stereocenters. The molecule has 2 aliphatic heterocycles. The van der Waals surface area contributed by atoms with Gasteiger partial charge in [-0.05, 0) is 14.1 Å². The zero-order valence-electron chi connectivity index (χ0n) is 11.3. The van der Waals surface area contributed by atoms with Gasteiger partial charge in [-0.3, -0.25) is 4.90 Å². The molecular weight excluding hydrogens is 188 g/mol. The van der Waals surface area contributed by atoms with Crippen LogP contribution in [0.1, 0.15) is 27.7 Å². The summed E-state index contributed by atoms with van der Waals surface area (Å²) in [5.74, 6) is 0. The summed E-state index contributed by atoms with van der Waals surface area (Å²) in [4.78, 5) is 4.78. The molecular formula is C12H28N2O. The molecule has 0 bridgehead atoms. The summed E-state index contributed by atoms with van der Waals surface area (Å²) >= 11 is 0. The van der Waals surface area contributed by atoms with Gasteiger partial charge < -0.3 is 9.64 Å². The maximum Gasteiger partial charge on any atom is 0.0697 e. The van der Waals surface area contributed by atoms with Crippen LogP contribution in [0.15, 0.2) is 0 Å². The monoisotopic (exact) mass is 216 g/mol. The minimum Gasteiger partial charge on any atom is -0.378 e. The molecule has 0 amide bonds. The van der Waals surface area contributed by atoms with Gasteiger partial charge in [-0.2, -0.15) is 0 Å². The Morgan fingerprint density at radius 2 is 1.53 bits per heavy atom. The van der Waals surface area contributed by atoms with E-state index in [-0.39, 0.29) is 0 Å². The molecule has 0 saturated carbocycles. The molecule has 0 aromatic carbocycles. The van der Waals surface area contributed by atoms with Crippen molar-refractivity contribution in [2.75, 3.05) is 46.9 Å². The van der Waals surface area contributed by atoms with Gasteiger partial charge in [0.05, 0.1) is 18.8 Å². The van der Waals surface area contributed by atoms with Gasteiger partial charge in [-0.1, -0.05) is 27.7 Å². The maximum absolute atomic E-state index is 5.48. The number of rotatable bonds is 0. The first-order valence-corrected chi connectivity index (χ1v) is 6.20. The highest BCUT2D eigenvalue weighted by molar-refractivity contribution is 5.03. The molecule has 0 aromatic heterocycles.